The minimum absolute atomic E-state index is 0.192. The monoisotopic (exact) mass is 252 g/mol. The summed E-state index contributed by atoms with van der Waals surface area (Å²) in [6.45, 7) is 4.22. The Morgan fingerprint density at radius 1 is 0.625 bits per heavy atom. The van der Waals surface area contributed by atoms with Crippen LogP contribution in [0.3, 0.4) is 0 Å². The molecule has 0 spiro atoms. The van der Waals surface area contributed by atoms with Gasteiger partial charge < -0.3 is 0 Å². The number of rotatable bonds is 10. The first-order valence-electron chi connectivity index (χ1n) is 6.65. The van der Waals surface area contributed by atoms with Crippen LogP contribution in [-0.2, 0) is 0 Å². The predicted molar refractivity (Wildman–Crippen MR) is 71.6 cm³/mol. The molecule has 0 atom stereocenters. The van der Waals surface area contributed by atoms with Gasteiger partial charge in [0, 0.05) is 0 Å². The van der Waals surface area contributed by atoms with Gasteiger partial charge in [-0.2, -0.15) is 0 Å². The molecule has 3 N–H and O–H groups in total. The van der Waals surface area contributed by atoms with Crippen molar-refractivity contribution in [3.05, 3.63) is 0 Å². The maximum absolute atomic E-state index is 9.82. The van der Waals surface area contributed by atoms with Crippen molar-refractivity contribution in [3.63, 3.8) is 0 Å². The van der Waals surface area contributed by atoms with Crippen LogP contribution in [0, 0.1) is 0 Å². The molecule has 0 unspecified atom stereocenters. The second kappa shape index (κ2) is 7.60. The van der Waals surface area contributed by atoms with Gasteiger partial charge in [-0.1, -0.05) is 0 Å². The van der Waals surface area contributed by atoms with Crippen molar-refractivity contribution >= 4 is 7.28 Å². The summed E-state index contributed by atoms with van der Waals surface area (Å²) in [7, 11) is -4.27. The number of hydrogen-bond donors (Lipinski definition) is 3. The second-order valence-electron chi connectivity index (χ2n) is 4.91. The van der Waals surface area contributed by atoms with Crippen LogP contribution in [0.25, 0.3) is 0 Å². The molecule has 0 aromatic heterocycles. The minimum atomic E-state index is -4.27. The van der Waals surface area contributed by atoms with E-state index in [1.165, 1.54) is 0 Å². The Labute approximate surface area is 100 Å². The van der Waals surface area contributed by atoms with E-state index >= 15 is 0 Å². The molecule has 0 aliphatic carbocycles. The molecule has 0 rings (SSSR count). The third-order valence-electron chi connectivity index (χ3n) is 2.94. The first kappa shape index (κ1) is 16.3. The van der Waals surface area contributed by atoms with Crippen LogP contribution in [0.2, 0.25) is 0 Å². The molecule has 0 aliphatic heterocycles. The Balaban J connectivity index is 3.75. The maximum atomic E-state index is 9.82. The predicted octanol–water partition coefficient (Wildman–Crippen LogP) is 3.42. The Morgan fingerprint density at radius 2 is 1.00 bits per heavy atom. The van der Waals surface area contributed by atoms with Gasteiger partial charge >= 0.3 is 99.5 Å². The van der Waals surface area contributed by atoms with E-state index in [0.29, 0.717) is 0 Å². The summed E-state index contributed by atoms with van der Waals surface area (Å²) >= 11 is 0. The van der Waals surface area contributed by atoms with Gasteiger partial charge in [-0.25, -0.2) is 0 Å². The fraction of sp³-hybridized carbons (Fsp3) is 1.00. The van der Waals surface area contributed by atoms with Crippen LogP contribution >= 0.6 is 7.28 Å². The summed E-state index contributed by atoms with van der Waals surface area (Å²) in [5.41, 5.74) is 0. The molecule has 0 saturated heterocycles. The molecule has 0 heterocycles. The van der Waals surface area contributed by atoms with E-state index in [1.807, 2.05) is 0 Å². The van der Waals surface area contributed by atoms with E-state index in [-0.39, 0.29) is 12.3 Å². The van der Waals surface area contributed by atoms with Crippen LogP contribution in [0.1, 0.15) is 65.2 Å². The van der Waals surface area contributed by atoms with Gasteiger partial charge in [0.15, 0.2) is 0 Å². The normalized spacial score (nSPS) is 14.7. The Hall–Kier alpha value is 0.310. The van der Waals surface area contributed by atoms with Crippen LogP contribution in [0.5, 0.6) is 0 Å². The molecule has 16 heavy (non-hydrogen) atoms. The third kappa shape index (κ3) is 9.53. The zero-order valence-electron chi connectivity index (χ0n) is 10.9. The number of hydrogen-bond acceptors (Lipinski definition) is 3. The zero-order chi connectivity index (χ0) is 12.5. The van der Waals surface area contributed by atoms with Gasteiger partial charge in [-0.05, 0) is 0 Å². The first-order valence-corrected chi connectivity index (χ1v) is 9.11. The Morgan fingerprint density at radius 3 is 1.31 bits per heavy atom. The molecule has 0 bridgehead atoms. The molecule has 0 fully saturated rings. The summed E-state index contributed by atoms with van der Waals surface area (Å²) < 4.78 is 0. The van der Waals surface area contributed by atoms with Crippen molar-refractivity contribution in [2.24, 2.45) is 0 Å². The SMILES string of the molecule is CCCCCCP(O)(O)(O)CCCCCC. The topological polar surface area (TPSA) is 60.7 Å². The molecule has 0 aliphatic rings. The summed E-state index contributed by atoms with van der Waals surface area (Å²) in [6, 6.07) is 0. The van der Waals surface area contributed by atoms with E-state index in [9.17, 15) is 14.7 Å². The summed E-state index contributed by atoms with van der Waals surface area (Å²) in [5, 5.41) is 0. The van der Waals surface area contributed by atoms with Crippen molar-refractivity contribution < 1.29 is 14.7 Å². The van der Waals surface area contributed by atoms with Gasteiger partial charge in [0.05, 0.1) is 0 Å². The Kier molecular flexibility index (Phi) is 7.75. The molecule has 0 saturated carbocycles. The molecule has 0 aromatic rings. The standard InChI is InChI=1S/C12H29O3P/c1-3-5-7-9-11-16(13,14,15)12-10-8-6-4-2/h13-15H,3-12H2,1-2H3. The van der Waals surface area contributed by atoms with Gasteiger partial charge in [0.25, 0.3) is 0 Å². The quantitative estimate of drug-likeness (QED) is 0.412. The van der Waals surface area contributed by atoms with E-state index in [0.717, 1.165) is 51.4 Å². The van der Waals surface area contributed by atoms with Crippen LogP contribution in [-0.4, -0.2) is 27.0 Å². The van der Waals surface area contributed by atoms with Crippen molar-refractivity contribution in [2.45, 2.75) is 65.2 Å². The average molecular weight is 252 g/mol. The van der Waals surface area contributed by atoms with Gasteiger partial charge in [-0.15, -0.1) is 0 Å². The summed E-state index contributed by atoms with van der Waals surface area (Å²) in [4.78, 5) is 29.5. The molecule has 4 heteroatoms. The fourth-order valence-corrected chi connectivity index (χ4v) is 3.80. The second-order valence-corrected chi connectivity index (χ2v) is 8.48. The van der Waals surface area contributed by atoms with Crippen molar-refractivity contribution in [3.8, 4) is 0 Å². The first-order chi connectivity index (χ1) is 7.39. The van der Waals surface area contributed by atoms with Crippen LogP contribution < -0.4 is 0 Å². The van der Waals surface area contributed by atoms with Crippen LogP contribution in [0.4, 0.5) is 0 Å². The summed E-state index contributed by atoms with van der Waals surface area (Å²) in [5.74, 6) is 0. The fourth-order valence-electron chi connectivity index (χ4n) is 1.84. The van der Waals surface area contributed by atoms with Crippen molar-refractivity contribution in [1.29, 1.82) is 0 Å². The molecule has 0 amide bonds. The van der Waals surface area contributed by atoms with E-state index < -0.39 is 7.28 Å². The van der Waals surface area contributed by atoms with Gasteiger partial charge in [-0.3, -0.25) is 0 Å². The molecule has 0 aromatic carbocycles. The van der Waals surface area contributed by atoms with Gasteiger partial charge in [0.1, 0.15) is 0 Å². The van der Waals surface area contributed by atoms with Crippen LogP contribution in [0.15, 0.2) is 0 Å². The van der Waals surface area contributed by atoms with Crippen molar-refractivity contribution in [1.82, 2.24) is 0 Å². The average Bonchev–Trinajstić information content (AvgIpc) is 2.19. The number of unbranched alkanes of at least 4 members (excludes halogenated alkanes) is 6. The molecule has 0 radical (unpaired) electrons. The third-order valence-corrected chi connectivity index (χ3v) is 5.40. The van der Waals surface area contributed by atoms with E-state index in [2.05, 4.69) is 13.8 Å². The Bertz CT molecular complexity index is 159. The van der Waals surface area contributed by atoms with Crippen molar-refractivity contribution in [2.75, 3.05) is 12.3 Å². The molecule has 3 nitrogen and oxygen atoms in total. The van der Waals surface area contributed by atoms with E-state index in [4.69, 9.17) is 0 Å². The summed E-state index contributed by atoms with van der Waals surface area (Å²) in [6.07, 6.45) is 8.23. The van der Waals surface area contributed by atoms with E-state index in [1.54, 1.807) is 0 Å². The van der Waals surface area contributed by atoms with Gasteiger partial charge in [0.2, 0.25) is 0 Å². The molecule has 100 valence electrons. The molecular weight excluding hydrogens is 223 g/mol. The molecular formula is C12H29O3P. The zero-order valence-corrected chi connectivity index (χ0v) is 11.8.